The molecular formula is C47H84O5. The molecular weight excluding hydrogens is 645 g/mol. The molecule has 5 heteroatoms. The van der Waals surface area contributed by atoms with Crippen molar-refractivity contribution < 1.29 is 23.8 Å². The third-order valence-electron chi connectivity index (χ3n) is 9.38. The van der Waals surface area contributed by atoms with Crippen molar-refractivity contribution in [1.82, 2.24) is 0 Å². The molecule has 0 heterocycles. The largest absolute Gasteiger partial charge is 0.462 e. The average molecular weight is 729 g/mol. The maximum atomic E-state index is 12.7. The Morgan fingerprint density at radius 3 is 1.31 bits per heavy atom. The minimum Gasteiger partial charge on any atom is -0.462 e. The molecule has 302 valence electrons. The van der Waals surface area contributed by atoms with Crippen molar-refractivity contribution in [2.24, 2.45) is 0 Å². The summed E-state index contributed by atoms with van der Waals surface area (Å²) < 4.78 is 17.2. The van der Waals surface area contributed by atoms with E-state index in [-0.39, 0.29) is 25.2 Å². The molecule has 0 aliphatic carbocycles. The van der Waals surface area contributed by atoms with Gasteiger partial charge >= 0.3 is 11.9 Å². The van der Waals surface area contributed by atoms with Crippen molar-refractivity contribution in [1.29, 1.82) is 0 Å². The Bertz CT molecular complexity index is 873. The van der Waals surface area contributed by atoms with E-state index in [1.807, 2.05) is 0 Å². The average Bonchev–Trinajstić information content (AvgIpc) is 3.14. The first kappa shape index (κ1) is 49.9. The quantitative estimate of drug-likeness (QED) is 0.0357. The predicted molar refractivity (Wildman–Crippen MR) is 224 cm³/mol. The summed E-state index contributed by atoms with van der Waals surface area (Å²) in [6, 6.07) is 0. The zero-order chi connectivity index (χ0) is 37.8. The summed E-state index contributed by atoms with van der Waals surface area (Å²) in [5.74, 6) is -0.424. The number of rotatable bonds is 40. The fraction of sp³-hybridized carbons (Fsp3) is 0.787. The van der Waals surface area contributed by atoms with Crippen LogP contribution in [0, 0.1) is 0 Å². The van der Waals surface area contributed by atoms with Crippen LogP contribution in [0.25, 0.3) is 0 Å². The number of ether oxygens (including phenoxy) is 3. The second kappa shape index (κ2) is 43.3. The van der Waals surface area contributed by atoms with Crippen molar-refractivity contribution in [3.63, 3.8) is 0 Å². The van der Waals surface area contributed by atoms with E-state index in [1.165, 1.54) is 116 Å². The molecule has 5 nitrogen and oxygen atoms in total. The summed E-state index contributed by atoms with van der Waals surface area (Å²) in [4.78, 5) is 25.2. The normalized spacial score (nSPS) is 12.6. The molecule has 0 spiro atoms. The van der Waals surface area contributed by atoms with Crippen LogP contribution in [-0.2, 0) is 23.8 Å². The first-order valence-corrected chi connectivity index (χ1v) is 22.2. The van der Waals surface area contributed by atoms with E-state index in [4.69, 9.17) is 14.2 Å². The molecule has 0 aliphatic heterocycles. The van der Waals surface area contributed by atoms with Crippen LogP contribution in [0.2, 0.25) is 0 Å². The lowest BCUT2D eigenvalue weighted by atomic mass is 10.1. The second-order valence-electron chi connectivity index (χ2n) is 14.6. The molecule has 0 amide bonds. The highest BCUT2D eigenvalue weighted by atomic mass is 16.6. The van der Waals surface area contributed by atoms with E-state index in [0.29, 0.717) is 19.4 Å². The smallest absolute Gasteiger partial charge is 0.306 e. The van der Waals surface area contributed by atoms with Crippen molar-refractivity contribution >= 4 is 11.9 Å². The van der Waals surface area contributed by atoms with Gasteiger partial charge in [0.15, 0.2) is 6.10 Å². The summed E-state index contributed by atoms with van der Waals surface area (Å²) in [5, 5.41) is 0. The van der Waals surface area contributed by atoms with Crippen LogP contribution in [0.5, 0.6) is 0 Å². The highest BCUT2D eigenvalue weighted by Crippen LogP contribution is 2.14. The highest BCUT2D eigenvalue weighted by molar-refractivity contribution is 5.70. The number of carbonyl (C=O) groups is 2. The molecule has 0 bridgehead atoms. The Morgan fingerprint density at radius 1 is 0.442 bits per heavy atom. The first-order valence-electron chi connectivity index (χ1n) is 22.2. The Hall–Kier alpha value is -2.14. The maximum absolute atomic E-state index is 12.7. The first-order chi connectivity index (χ1) is 25.6. The molecule has 0 saturated carbocycles. The number of hydrogen-bond donors (Lipinski definition) is 0. The topological polar surface area (TPSA) is 61.8 Å². The minimum atomic E-state index is -0.557. The molecule has 0 N–H and O–H groups in total. The van der Waals surface area contributed by atoms with Gasteiger partial charge in [0.1, 0.15) is 6.61 Å². The molecule has 52 heavy (non-hydrogen) atoms. The molecule has 0 rings (SSSR count). The lowest BCUT2D eigenvalue weighted by Gasteiger charge is -2.18. The van der Waals surface area contributed by atoms with Crippen LogP contribution >= 0.6 is 0 Å². The number of allylic oxidation sites excluding steroid dienone is 8. The number of carbonyl (C=O) groups excluding carboxylic acids is 2. The van der Waals surface area contributed by atoms with Gasteiger partial charge in [-0.3, -0.25) is 9.59 Å². The van der Waals surface area contributed by atoms with Crippen LogP contribution in [0.4, 0.5) is 0 Å². The molecule has 0 saturated heterocycles. The maximum Gasteiger partial charge on any atom is 0.306 e. The van der Waals surface area contributed by atoms with E-state index in [9.17, 15) is 9.59 Å². The third kappa shape index (κ3) is 40.6. The molecule has 0 aromatic heterocycles. The van der Waals surface area contributed by atoms with E-state index in [0.717, 1.165) is 64.2 Å². The highest BCUT2D eigenvalue weighted by Gasteiger charge is 2.17. The molecule has 1 atom stereocenters. The number of hydrogen-bond acceptors (Lipinski definition) is 5. The van der Waals surface area contributed by atoms with Gasteiger partial charge < -0.3 is 14.2 Å². The fourth-order valence-corrected chi connectivity index (χ4v) is 6.10. The molecule has 0 aliphatic rings. The fourth-order valence-electron chi connectivity index (χ4n) is 6.10. The Balaban J connectivity index is 4.33. The summed E-state index contributed by atoms with van der Waals surface area (Å²) >= 11 is 0. The van der Waals surface area contributed by atoms with Crippen LogP contribution in [0.1, 0.15) is 213 Å². The lowest BCUT2D eigenvalue weighted by molar-refractivity contribution is -0.163. The zero-order valence-electron chi connectivity index (χ0n) is 34.6. The molecule has 1 unspecified atom stereocenters. The van der Waals surface area contributed by atoms with Crippen LogP contribution < -0.4 is 0 Å². The third-order valence-corrected chi connectivity index (χ3v) is 9.38. The summed E-state index contributed by atoms with van der Waals surface area (Å²) in [5.41, 5.74) is 0. The van der Waals surface area contributed by atoms with E-state index in [1.54, 1.807) is 0 Å². The molecule has 0 aromatic carbocycles. The van der Waals surface area contributed by atoms with Gasteiger partial charge in [0, 0.05) is 19.4 Å². The summed E-state index contributed by atoms with van der Waals surface area (Å²) in [7, 11) is 0. The van der Waals surface area contributed by atoms with Gasteiger partial charge in [-0.2, -0.15) is 0 Å². The van der Waals surface area contributed by atoms with E-state index >= 15 is 0 Å². The molecule has 0 aromatic rings. The summed E-state index contributed by atoms with van der Waals surface area (Å²) in [6.45, 7) is 7.57. The number of unbranched alkanes of at least 4 members (excludes halogenated alkanes) is 21. The minimum absolute atomic E-state index is 0.0672. The second-order valence-corrected chi connectivity index (χ2v) is 14.6. The molecule has 0 radical (unpaired) electrons. The van der Waals surface area contributed by atoms with E-state index in [2.05, 4.69) is 69.4 Å². The van der Waals surface area contributed by atoms with Gasteiger partial charge in [-0.15, -0.1) is 0 Å². The molecule has 0 fully saturated rings. The van der Waals surface area contributed by atoms with Crippen molar-refractivity contribution in [2.75, 3.05) is 19.8 Å². The lowest BCUT2D eigenvalue weighted by Crippen LogP contribution is -2.30. The Labute approximate surface area is 322 Å². The van der Waals surface area contributed by atoms with Gasteiger partial charge in [-0.25, -0.2) is 0 Å². The summed E-state index contributed by atoms with van der Waals surface area (Å²) in [6.07, 6.45) is 51.1. The predicted octanol–water partition coefficient (Wildman–Crippen LogP) is 14.4. The van der Waals surface area contributed by atoms with Crippen molar-refractivity contribution in [3.05, 3.63) is 48.6 Å². The van der Waals surface area contributed by atoms with Crippen molar-refractivity contribution in [2.45, 2.75) is 219 Å². The van der Waals surface area contributed by atoms with Crippen LogP contribution in [0.15, 0.2) is 48.6 Å². The number of esters is 2. The van der Waals surface area contributed by atoms with Gasteiger partial charge in [-0.1, -0.05) is 198 Å². The van der Waals surface area contributed by atoms with Crippen molar-refractivity contribution in [3.8, 4) is 0 Å². The van der Waals surface area contributed by atoms with Gasteiger partial charge in [-0.05, 0) is 51.4 Å². The van der Waals surface area contributed by atoms with Crippen LogP contribution in [-0.4, -0.2) is 37.9 Å². The SMILES string of the molecule is CC/C=C\C/C=C\C/C=C\C/C=C\CCCOCC(COC(=O)CCCCCCCCCCCCC)OC(=O)CCCCCCCCCCCCC. The Morgan fingerprint density at radius 2 is 0.846 bits per heavy atom. The van der Waals surface area contributed by atoms with Gasteiger partial charge in [0.05, 0.1) is 6.61 Å². The standard InChI is InChI=1S/C47H84O5/c1-4-7-10-13-16-19-22-23-24-27-30-33-36-39-42-50-43-45(52-47(49)41-38-35-32-29-26-21-18-15-12-9-6-3)44-51-46(48)40-37-34-31-28-25-20-17-14-11-8-5-2/h7,10,16,19,23-24,30,33,45H,4-6,8-9,11-15,17-18,20-22,25-29,31-32,34-44H2,1-3H3/b10-7-,19-16-,24-23-,33-30-. The Kier molecular flexibility index (Phi) is 41.5. The van der Waals surface area contributed by atoms with Gasteiger partial charge in [0.2, 0.25) is 0 Å². The van der Waals surface area contributed by atoms with Crippen LogP contribution in [0.3, 0.4) is 0 Å². The van der Waals surface area contributed by atoms with Gasteiger partial charge in [0.25, 0.3) is 0 Å². The zero-order valence-corrected chi connectivity index (χ0v) is 34.6. The monoisotopic (exact) mass is 729 g/mol. The van der Waals surface area contributed by atoms with E-state index < -0.39 is 6.10 Å².